The van der Waals surface area contributed by atoms with Gasteiger partial charge >= 0.3 is 5.69 Å². The van der Waals surface area contributed by atoms with E-state index in [-0.39, 0.29) is 11.7 Å². The predicted molar refractivity (Wildman–Crippen MR) is 103 cm³/mol. The molecule has 0 aromatic carbocycles. The van der Waals surface area contributed by atoms with E-state index in [2.05, 4.69) is 15.3 Å². The molecule has 8 heteroatoms. The third-order valence-corrected chi connectivity index (χ3v) is 5.06. The van der Waals surface area contributed by atoms with Gasteiger partial charge in [-0.2, -0.15) is 0 Å². The Hall–Kier alpha value is -2.87. The Bertz CT molecular complexity index is 1030. The van der Waals surface area contributed by atoms with Gasteiger partial charge in [0.2, 0.25) is 5.88 Å². The zero-order valence-corrected chi connectivity index (χ0v) is 15.7. The minimum atomic E-state index is -0.0156. The number of pyridine rings is 2. The molecule has 1 N–H and O–H groups in total. The van der Waals surface area contributed by atoms with Crippen LogP contribution >= 0.6 is 0 Å². The number of aryl methyl sites for hydroxylation is 2. The number of nitrogens with zero attached hydrogens (tertiary/aromatic N) is 4. The number of methoxy groups -OCH3 is 1. The quantitative estimate of drug-likeness (QED) is 0.761. The van der Waals surface area contributed by atoms with E-state index in [9.17, 15) is 4.79 Å². The summed E-state index contributed by atoms with van der Waals surface area (Å²) in [6.45, 7) is 3.27. The average molecular weight is 369 g/mol. The molecule has 1 aliphatic heterocycles. The molecule has 0 radical (unpaired) electrons. The van der Waals surface area contributed by atoms with E-state index in [1.807, 2.05) is 23.6 Å². The molecule has 4 rings (SSSR count). The Kier molecular flexibility index (Phi) is 4.57. The number of hydrogen-bond acceptors (Lipinski definition) is 6. The smallest absolute Gasteiger partial charge is 0.329 e. The SMILES string of the molecule is COc1ccc(Nc2cc3c(cn2)n(C)c(=O)n3C2CCOCC2)c(C)n1. The van der Waals surface area contributed by atoms with E-state index in [0.717, 1.165) is 35.3 Å². The summed E-state index contributed by atoms with van der Waals surface area (Å²) in [5, 5.41) is 3.30. The van der Waals surface area contributed by atoms with Crippen LogP contribution in [0.15, 0.2) is 29.2 Å². The number of aromatic nitrogens is 4. The first-order valence-corrected chi connectivity index (χ1v) is 9.02. The molecule has 142 valence electrons. The summed E-state index contributed by atoms with van der Waals surface area (Å²) in [6.07, 6.45) is 3.42. The fourth-order valence-electron chi connectivity index (χ4n) is 3.54. The first kappa shape index (κ1) is 17.5. The van der Waals surface area contributed by atoms with Crippen molar-refractivity contribution in [1.82, 2.24) is 19.1 Å². The van der Waals surface area contributed by atoms with E-state index in [4.69, 9.17) is 9.47 Å². The minimum Gasteiger partial charge on any atom is -0.481 e. The van der Waals surface area contributed by atoms with Crippen molar-refractivity contribution in [2.45, 2.75) is 25.8 Å². The first-order chi connectivity index (χ1) is 13.1. The largest absolute Gasteiger partial charge is 0.481 e. The van der Waals surface area contributed by atoms with Crippen molar-refractivity contribution >= 4 is 22.5 Å². The number of rotatable bonds is 4. The summed E-state index contributed by atoms with van der Waals surface area (Å²) < 4.78 is 14.1. The summed E-state index contributed by atoms with van der Waals surface area (Å²) in [4.78, 5) is 21.6. The molecule has 4 heterocycles. The summed E-state index contributed by atoms with van der Waals surface area (Å²) in [7, 11) is 3.38. The van der Waals surface area contributed by atoms with Gasteiger partial charge in [-0.1, -0.05) is 0 Å². The molecule has 3 aromatic rings. The monoisotopic (exact) mass is 369 g/mol. The lowest BCUT2D eigenvalue weighted by Gasteiger charge is -2.23. The van der Waals surface area contributed by atoms with Crippen molar-refractivity contribution in [3.05, 3.63) is 40.6 Å². The van der Waals surface area contributed by atoms with Gasteiger partial charge in [-0.05, 0) is 25.8 Å². The van der Waals surface area contributed by atoms with Crippen LogP contribution in [0.4, 0.5) is 11.5 Å². The van der Waals surface area contributed by atoms with Crippen molar-refractivity contribution in [1.29, 1.82) is 0 Å². The third-order valence-electron chi connectivity index (χ3n) is 5.06. The summed E-state index contributed by atoms with van der Waals surface area (Å²) in [6, 6.07) is 5.78. The van der Waals surface area contributed by atoms with Crippen molar-refractivity contribution in [2.75, 3.05) is 25.6 Å². The third kappa shape index (κ3) is 3.16. The Balaban J connectivity index is 1.74. The second-order valence-electron chi connectivity index (χ2n) is 6.72. The molecule has 0 spiro atoms. The summed E-state index contributed by atoms with van der Waals surface area (Å²) in [5.74, 6) is 1.24. The lowest BCUT2D eigenvalue weighted by Crippen LogP contribution is -2.29. The van der Waals surface area contributed by atoms with Gasteiger partial charge in [-0.15, -0.1) is 0 Å². The van der Waals surface area contributed by atoms with Crippen molar-refractivity contribution in [3.8, 4) is 5.88 Å². The van der Waals surface area contributed by atoms with E-state index in [1.165, 1.54) is 0 Å². The van der Waals surface area contributed by atoms with Gasteiger partial charge in [-0.25, -0.2) is 14.8 Å². The molecule has 1 saturated heterocycles. The maximum absolute atomic E-state index is 12.8. The lowest BCUT2D eigenvalue weighted by atomic mass is 10.1. The molecule has 0 bridgehead atoms. The normalized spacial score (nSPS) is 15.2. The fraction of sp³-hybridized carbons (Fsp3) is 0.421. The van der Waals surface area contributed by atoms with Crippen LogP contribution in [0.5, 0.6) is 5.88 Å². The molecule has 1 aliphatic rings. The van der Waals surface area contributed by atoms with Crippen LogP contribution in [0, 0.1) is 6.92 Å². The lowest BCUT2D eigenvalue weighted by molar-refractivity contribution is 0.0696. The average Bonchev–Trinajstić information content (AvgIpc) is 2.94. The van der Waals surface area contributed by atoms with Crippen molar-refractivity contribution < 1.29 is 9.47 Å². The molecule has 0 amide bonds. The second kappa shape index (κ2) is 7.03. The standard InChI is InChI=1S/C19H23N5O3/c1-12-14(4-5-18(21-12)26-3)22-17-10-15-16(11-20-17)23(2)19(25)24(15)13-6-8-27-9-7-13/h4-5,10-11,13H,6-9H2,1-3H3,(H,20,22). The Morgan fingerprint density at radius 3 is 2.74 bits per heavy atom. The molecule has 0 unspecified atom stereocenters. The molecule has 1 fully saturated rings. The number of hydrogen-bond donors (Lipinski definition) is 1. The van der Waals surface area contributed by atoms with Crippen LogP contribution in [0.1, 0.15) is 24.6 Å². The second-order valence-corrected chi connectivity index (χ2v) is 6.72. The first-order valence-electron chi connectivity index (χ1n) is 9.02. The van der Waals surface area contributed by atoms with Crippen molar-refractivity contribution in [2.24, 2.45) is 7.05 Å². The molecule has 3 aromatic heterocycles. The van der Waals surface area contributed by atoms with Crippen molar-refractivity contribution in [3.63, 3.8) is 0 Å². The maximum atomic E-state index is 12.8. The van der Waals surface area contributed by atoms with Crippen LogP contribution in [-0.2, 0) is 11.8 Å². The van der Waals surface area contributed by atoms with Crippen LogP contribution in [0.25, 0.3) is 11.0 Å². The van der Waals surface area contributed by atoms with E-state index >= 15 is 0 Å². The van der Waals surface area contributed by atoms with Gasteiger partial charge in [-0.3, -0.25) is 9.13 Å². The summed E-state index contributed by atoms with van der Waals surface area (Å²) in [5.41, 5.74) is 3.34. The van der Waals surface area contributed by atoms with Gasteiger partial charge < -0.3 is 14.8 Å². The van der Waals surface area contributed by atoms with E-state index in [1.54, 1.807) is 31.0 Å². The number of fused-ring (bicyclic) bond motifs is 1. The molecule has 27 heavy (non-hydrogen) atoms. The Morgan fingerprint density at radius 2 is 2.04 bits per heavy atom. The van der Waals surface area contributed by atoms with Gasteiger partial charge in [0.25, 0.3) is 0 Å². The molecular formula is C19H23N5O3. The highest BCUT2D eigenvalue weighted by Gasteiger charge is 2.22. The van der Waals surface area contributed by atoms with E-state index < -0.39 is 0 Å². The van der Waals surface area contributed by atoms with Gasteiger partial charge in [0.1, 0.15) is 5.82 Å². The van der Waals surface area contributed by atoms with Crippen LogP contribution < -0.4 is 15.7 Å². The topological polar surface area (TPSA) is 83.2 Å². The highest BCUT2D eigenvalue weighted by atomic mass is 16.5. The maximum Gasteiger partial charge on any atom is 0.329 e. The summed E-state index contributed by atoms with van der Waals surface area (Å²) >= 11 is 0. The van der Waals surface area contributed by atoms with Crippen LogP contribution in [0.3, 0.4) is 0 Å². The van der Waals surface area contributed by atoms with Gasteiger partial charge in [0.15, 0.2) is 0 Å². The number of imidazole rings is 1. The highest BCUT2D eigenvalue weighted by molar-refractivity contribution is 5.79. The predicted octanol–water partition coefficient (Wildman–Crippen LogP) is 2.54. The van der Waals surface area contributed by atoms with Gasteiger partial charge in [0, 0.05) is 38.4 Å². The number of ether oxygens (including phenoxy) is 2. The molecular weight excluding hydrogens is 346 g/mol. The number of nitrogens with one attached hydrogen (secondary N) is 1. The fourth-order valence-corrected chi connectivity index (χ4v) is 3.54. The minimum absolute atomic E-state index is 0.0156. The Morgan fingerprint density at radius 1 is 1.26 bits per heavy atom. The van der Waals surface area contributed by atoms with Crippen LogP contribution in [-0.4, -0.2) is 39.4 Å². The Labute approximate surface area is 156 Å². The zero-order chi connectivity index (χ0) is 19.0. The molecule has 8 nitrogen and oxygen atoms in total. The van der Waals surface area contributed by atoms with E-state index in [0.29, 0.717) is 24.9 Å². The number of anilines is 2. The molecule has 0 saturated carbocycles. The molecule has 0 aliphatic carbocycles. The highest BCUT2D eigenvalue weighted by Crippen LogP contribution is 2.27. The molecule has 0 atom stereocenters. The van der Waals surface area contributed by atoms with Crippen LogP contribution in [0.2, 0.25) is 0 Å². The van der Waals surface area contributed by atoms with Gasteiger partial charge in [0.05, 0.1) is 35.7 Å². The zero-order valence-electron chi connectivity index (χ0n) is 15.7.